The van der Waals surface area contributed by atoms with Gasteiger partial charge in [-0.25, -0.2) is 4.57 Å². The quantitative estimate of drug-likeness (QED) is 0.781. The van der Waals surface area contributed by atoms with Gasteiger partial charge in [0.2, 0.25) is 11.4 Å². The highest BCUT2D eigenvalue weighted by atomic mass is 16.5. The molecule has 1 fully saturated rings. The lowest BCUT2D eigenvalue weighted by atomic mass is 10.3. The number of aromatic nitrogens is 1. The lowest BCUT2D eigenvalue weighted by Gasteiger charge is -2.26. The molecule has 5 nitrogen and oxygen atoms in total. The number of nitrogens with zero attached hydrogens (tertiary/aromatic N) is 2. The molecule has 0 amide bonds. The average molecular weight is 253 g/mol. The van der Waals surface area contributed by atoms with Crippen LogP contribution in [-0.2, 0) is 11.8 Å². The molecule has 0 radical (unpaired) electrons. The molecule has 0 saturated carbocycles. The van der Waals surface area contributed by atoms with Crippen molar-refractivity contribution in [1.29, 1.82) is 0 Å². The second-order valence-electron chi connectivity index (χ2n) is 4.53. The van der Waals surface area contributed by atoms with Crippen molar-refractivity contribution in [2.75, 3.05) is 39.5 Å². The number of aromatic hydroxyl groups is 1. The summed E-state index contributed by atoms with van der Waals surface area (Å²) in [6.45, 7) is 6.88. The molecule has 1 saturated heterocycles. The molecular formula is C13H21N2O3+. The third kappa shape index (κ3) is 3.11. The van der Waals surface area contributed by atoms with E-state index in [1.54, 1.807) is 6.07 Å². The maximum atomic E-state index is 9.78. The van der Waals surface area contributed by atoms with E-state index in [1.165, 1.54) is 0 Å². The van der Waals surface area contributed by atoms with Crippen LogP contribution in [0.25, 0.3) is 0 Å². The van der Waals surface area contributed by atoms with Gasteiger partial charge in [-0.1, -0.05) is 0 Å². The van der Waals surface area contributed by atoms with Gasteiger partial charge in [-0.3, -0.25) is 4.90 Å². The van der Waals surface area contributed by atoms with Crippen molar-refractivity contribution in [3.63, 3.8) is 0 Å². The minimum absolute atomic E-state index is 0.201. The fourth-order valence-electron chi connectivity index (χ4n) is 2.00. The molecule has 1 N–H and O–H groups in total. The normalized spacial score (nSPS) is 16.8. The van der Waals surface area contributed by atoms with Crippen LogP contribution in [0.1, 0.15) is 5.69 Å². The summed E-state index contributed by atoms with van der Waals surface area (Å²) in [7, 11) is 1.93. The number of ether oxygens (including phenoxy) is 2. The number of hydrogen-bond donors (Lipinski definition) is 1. The molecule has 0 bridgehead atoms. The molecule has 1 aliphatic heterocycles. The van der Waals surface area contributed by atoms with Gasteiger partial charge in [0.05, 0.1) is 13.2 Å². The van der Waals surface area contributed by atoms with E-state index in [0.29, 0.717) is 12.4 Å². The second kappa shape index (κ2) is 6.02. The van der Waals surface area contributed by atoms with Crippen LogP contribution in [0.2, 0.25) is 0 Å². The Balaban J connectivity index is 1.88. The SMILES string of the molecule is Cc1c(OCCN2CCOCC2)c(O)cc[n+]1C. The first-order chi connectivity index (χ1) is 8.68. The Morgan fingerprint density at radius 2 is 2.17 bits per heavy atom. The third-order valence-electron chi connectivity index (χ3n) is 3.30. The van der Waals surface area contributed by atoms with E-state index < -0.39 is 0 Å². The molecule has 0 atom stereocenters. The standard InChI is InChI=1S/C13H20N2O3/c1-11-13(12(16)3-4-14(11)2)18-10-7-15-5-8-17-9-6-15/h3-4H,5-10H2,1-2H3/p+1. The summed E-state index contributed by atoms with van der Waals surface area (Å²) >= 11 is 0. The Hall–Kier alpha value is -1.33. The van der Waals surface area contributed by atoms with Crippen molar-refractivity contribution in [3.8, 4) is 11.5 Å². The third-order valence-corrected chi connectivity index (χ3v) is 3.30. The van der Waals surface area contributed by atoms with Gasteiger partial charge in [0.15, 0.2) is 11.9 Å². The number of hydrogen-bond acceptors (Lipinski definition) is 4. The van der Waals surface area contributed by atoms with Gasteiger partial charge in [0, 0.05) is 32.6 Å². The molecule has 1 aromatic heterocycles. The van der Waals surface area contributed by atoms with Gasteiger partial charge >= 0.3 is 0 Å². The molecule has 2 heterocycles. The summed E-state index contributed by atoms with van der Waals surface area (Å²) in [6.07, 6.45) is 1.82. The first kappa shape index (κ1) is 13.1. The predicted octanol–water partition coefficient (Wildman–Crippen LogP) is 0.236. The van der Waals surface area contributed by atoms with Crippen LogP contribution in [0, 0.1) is 6.92 Å². The predicted molar refractivity (Wildman–Crippen MR) is 66.8 cm³/mol. The van der Waals surface area contributed by atoms with Gasteiger partial charge in [0.1, 0.15) is 13.7 Å². The van der Waals surface area contributed by atoms with Crippen molar-refractivity contribution >= 4 is 0 Å². The number of aryl methyl sites for hydroxylation is 1. The largest absolute Gasteiger partial charge is 0.504 e. The van der Waals surface area contributed by atoms with Crippen LogP contribution in [-0.4, -0.2) is 49.5 Å². The van der Waals surface area contributed by atoms with Crippen LogP contribution in [0.3, 0.4) is 0 Å². The number of rotatable bonds is 4. The molecule has 1 aliphatic rings. The van der Waals surface area contributed by atoms with Crippen LogP contribution < -0.4 is 9.30 Å². The highest BCUT2D eigenvalue weighted by Crippen LogP contribution is 2.26. The van der Waals surface area contributed by atoms with E-state index in [-0.39, 0.29) is 5.75 Å². The second-order valence-corrected chi connectivity index (χ2v) is 4.53. The monoisotopic (exact) mass is 253 g/mol. The first-order valence-electron chi connectivity index (χ1n) is 6.29. The van der Waals surface area contributed by atoms with Crippen molar-refractivity contribution in [1.82, 2.24) is 4.90 Å². The zero-order chi connectivity index (χ0) is 13.0. The first-order valence-corrected chi connectivity index (χ1v) is 6.29. The van der Waals surface area contributed by atoms with Gasteiger partial charge < -0.3 is 14.6 Å². The van der Waals surface area contributed by atoms with Gasteiger partial charge in [-0.05, 0) is 0 Å². The molecule has 1 aromatic rings. The lowest BCUT2D eigenvalue weighted by Crippen LogP contribution is -2.39. The highest BCUT2D eigenvalue weighted by Gasteiger charge is 2.16. The summed E-state index contributed by atoms with van der Waals surface area (Å²) in [6, 6.07) is 1.65. The molecule has 0 spiro atoms. The Morgan fingerprint density at radius 1 is 1.44 bits per heavy atom. The Morgan fingerprint density at radius 3 is 2.89 bits per heavy atom. The summed E-state index contributed by atoms with van der Waals surface area (Å²) in [5, 5.41) is 9.78. The van der Waals surface area contributed by atoms with Crippen molar-refractivity contribution < 1.29 is 19.1 Å². The summed E-state index contributed by atoms with van der Waals surface area (Å²) in [5.74, 6) is 0.779. The molecule has 2 rings (SSSR count). The number of morpholine rings is 1. The van der Waals surface area contributed by atoms with Crippen LogP contribution in [0.15, 0.2) is 12.3 Å². The Labute approximate surface area is 108 Å². The van der Waals surface area contributed by atoms with Crippen molar-refractivity contribution in [2.45, 2.75) is 6.92 Å². The van der Waals surface area contributed by atoms with Gasteiger partial charge in [-0.2, -0.15) is 0 Å². The smallest absolute Gasteiger partial charge is 0.228 e. The molecule has 0 aliphatic carbocycles. The van der Waals surface area contributed by atoms with Crippen molar-refractivity contribution in [3.05, 3.63) is 18.0 Å². The molecule has 100 valence electrons. The van der Waals surface area contributed by atoms with Crippen LogP contribution >= 0.6 is 0 Å². The fraction of sp³-hybridized carbons (Fsp3) is 0.615. The minimum Gasteiger partial charge on any atom is -0.504 e. The van der Waals surface area contributed by atoms with Crippen LogP contribution in [0.5, 0.6) is 11.5 Å². The van der Waals surface area contributed by atoms with Crippen molar-refractivity contribution in [2.24, 2.45) is 7.05 Å². The van der Waals surface area contributed by atoms with E-state index in [9.17, 15) is 5.11 Å². The molecular weight excluding hydrogens is 232 g/mol. The summed E-state index contributed by atoms with van der Waals surface area (Å²) in [4.78, 5) is 2.30. The maximum absolute atomic E-state index is 9.78. The van der Waals surface area contributed by atoms with Gasteiger partial charge in [0.25, 0.3) is 0 Å². The Bertz CT molecular complexity index is 403. The number of pyridine rings is 1. The zero-order valence-corrected chi connectivity index (χ0v) is 11.1. The van der Waals surface area contributed by atoms with E-state index in [1.807, 2.05) is 24.7 Å². The topological polar surface area (TPSA) is 45.8 Å². The van der Waals surface area contributed by atoms with E-state index in [0.717, 1.165) is 38.5 Å². The Kier molecular flexibility index (Phi) is 4.38. The fourth-order valence-corrected chi connectivity index (χ4v) is 2.00. The van der Waals surface area contributed by atoms with Crippen LogP contribution in [0.4, 0.5) is 0 Å². The van der Waals surface area contributed by atoms with E-state index >= 15 is 0 Å². The maximum Gasteiger partial charge on any atom is 0.228 e. The average Bonchev–Trinajstić information content (AvgIpc) is 2.39. The molecule has 0 unspecified atom stereocenters. The zero-order valence-electron chi connectivity index (χ0n) is 11.1. The van der Waals surface area contributed by atoms with E-state index in [2.05, 4.69) is 4.90 Å². The summed E-state index contributed by atoms with van der Waals surface area (Å²) < 4.78 is 12.9. The highest BCUT2D eigenvalue weighted by molar-refractivity contribution is 5.38. The molecule has 18 heavy (non-hydrogen) atoms. The van der Waals surface area contributed by atoms with E-state index in [4.69, 9.17) is 9.47 Å². The van der Waals surface area contributed by atoms with Gasteiger partial charge in [-0.15, -0.1) is 0 Å². The summed E-state index contributed by atoms with van der Waals surface area (Å²) in [5.41, 5.74) is 0.928. The minimum atomic E-state index is 0.201. The molecule has 5 heteroatoms. The molecule has 0 aromatic carbocycles. The lowest BCUT2D eigenvalue weighted by molar-refractivity contribution is -0.678.